The highest BCUT2D eigenvalue weighted by Gasteiger charge is 2.08. The van der Waals surface area contributed by atoms with E-state index in [2.05, 4.69) is 10.0 Å². The lowest BCUT2D eigenvalue weighted by Gasteiger charge is -2.03. The van der Waals surface area contributed by atoms with E-state index in [9.17, 15) is 9.59 Å². The summed E-state index contributed by atoms with van der Waals surface area (Å²) in [4.78, 5) is 24.9. The Morgan fingerprint density at radius 1 is 1.44 bits per heavy atom. The van der Waals surface area contributed by atoms with Crippen LogP contribution in [0.5, 0.6) is 0 Å². The van der Waals surface area contributed by atoms with E-state index in [0.29, 0.717) is 16.6 Å². The summed E-state index contributed by atoms with van der Waals surface area (Å²) in [5.74, 6) is -0.541. The average Bonchev–Trinajstić information content (AvgIpc) is 2.27. The Hall–Kier alpha value is -2.79. The number of primary amides is 1. The van der Waals surface area contributed by atoms with Gasteiger partial charge in [-0.3, -0.25) is 4.79 Å². The summed E-state index contributed by atoms with van der Waals surface area (Å²) in [5.41, 5.74) is 13.9. The Kier molecular flexibility index (Phi) is 2.99. The molecule has 7 heteroatoms. The molecule has 2 aromatic rings. The zero-order valence-electron chi connectivity index (χ0n) is 9.16. The molecule has 7 nitrogen and oxygen atoms in total. The van der Waals surface area contributed by atoms with Gasteiger partial charge in [-0.1, -0.05) is 17.2 Å². The van der Waals surface area contributed by atoms with Gasteiger partial charge in [0.15, 0.2) is 0 Å². The highest BCUT2D eigenvalue weighted by molar-refractivity contribution is 5.87. The first-order valence-electron chi connectivity index (χ1n) is 5.00. The Morgan fingerprint density at radius 2 is 2.22 bits per heavy atom. The summed E-state index contributed by atoms with van der Waals surface area (Å²) in [6.07, 6.45) is -0.0526. The number of azide groups is 1. The zero-order valence-corrected chi connectivity index (χ0v) is 9.16. The minimum atomic E-state index is -0.586. The first kappa shape index (κ1) is 11.7. The van der Waals surface area contributed by atoms with Crippen molar-refractivity contribution in [3.63, 3.8) is 0 Å². The Balaban J connectivity index is 2.69. The molecule has 1 aromatic carbocycles. The number of hydrogen-bond donors (Lipinski definition) is 1. The maximum Gasteiger partial charge on any atom is 0.336 e. The Morgan fingerprint density at radius 3 is 2.89 bits per heavy atom. The van der Waals surface area contributed by atoms with Gasteiger partial charge in [0.1, 0.15) is 5.58 Å². The van der Waals surface area contributed by atoms with Gasteiger partial charge < -0.3 is 10.2 Å². The lowest BCUT2D eigenvalue weighted by atomic mass is 10.1. The molecule has 2 rings (SSSR count). The molecule has 0 atom stereocenters. The van der Waals surface area contributed by atoms with Gasteiger partial charge >= 0.3 is 5.63 Å². The molecule has 0 unspecified atom stereocenters. The third-order valence-electron chi connectivity index (χ3n) is 2.34. The number of nitrogens with two attached hydrogens (primary N) is 1. The number of carbonyl (C=O) groups excluding carboxylic acids is 1. The van der Waals surface area contributed by atoms with Crippen LogP contribution >= 0.6 is 0 Å². The lowest BCUT2D eigenvalue weighted by Crippen LogP contribution is -2.15. The normalized spacial score (nSPS) is 10.0. The number of nitrogens with zero attached hydrogens (tertiary/aromatic N) is 3. The van der Waals surface area contributed by atoms with Crippen LogP contribution in [0.25, 0.3) is 21.4 Å². The summed E-state index contributed by atoms with van der Waals surface area (Å²) >= 11 is 0. The molecular weight excluding hydrogens is 236 g/mol. The van der Waals surface area contributed by atoms with E-state index in [0.717, 1.165) is 0 Å². The van der Waals surface area contributed by atoms with Crippen LogP contribution in [0.3, 0.4) is 0 Å². The minimum Gasteiger partial charge on any atom is -0.423 e. The molecule has 0 aliphatic rings. The van der Waals surface area contributed by atoms with Crippen LogP contribution in [0, 0.1) is 0 Å². The third kappa shape index (κ3) is 2.31. The van der Waals surface area contributed by atoms with Crippen LogP contribution in [-0.4, -0.2) is 5.91 Å². The predicted octanol–water partition coefficient (Wildman–Crippen LogP) is 1.76. The third-order valence-corrected chi connectivity index (χ3v) is 2.34. The monoisotopic (exact) mass is 244 g/mol. The molecule has 90 valence electrons. The summed E-state index contributed by atoms with van der Waals surface area (Å²) in [6.45, 7) is 0. The first-order chi connectivity index (χ1) is 8.60. The Bertz CT molecular complexity index is 729. The van der Waals surface area contributed by atoms with Gasteiger partial charge in [0, 0.05) is 22.1 Å². The van der Waals surface area contributed by atoms with E-state index >= 15 is 0 Å². The van der Waals surface area contributed by atoms with Crippen LogP contribution in [0.1, 0.15) is 5.56 Å². The molecule has 2 N–H and O–H groups in total. The molecule has 0 spiro atoms. The van der Waals surface area contributed by atoms with Crippen LogP contribution in [-0.2, 0) is 11.2 Å². The fourth-order valence-corrected chi connectivity index (χ4v) is 1.67. The molecule has 1 amide bonds. The van der Waals surface area contributed by atoms with Gasteiger partial charge in [-0.05, 0) is 17.2 Å². The van der Waals surface area contributed by atoms with Crippen molar-refractivity contribution < 1.29 is 9.21 Å². The van der Waals surface area contributed by atoms with Gasteiger partial charge in [0.25, 0.3) is 0 Å². The molecular formula is C11H8N4O3. The van der Waals surface area contributed by atoms with E-state index in [1.54, 1.807) is 12.1 Å². The van der Waals surface area contributed by atoms with Crippen LogP contribution in [0.4, 0.5) is 5.69 Å². The number of fused-ring (bicyclic) bond motifs is 1. The minimum absolute atomic E-state index is 0.0526. The van der Waals surface area contributed by atoms with Crippen molar-refractivity contribution in [3.05, 3.63) is 50.7 Å². The standard InChI is InChI=1S/C11H8N4O3/c12-10(16)3-6-4-11(17)18-9-5-7(14-15-13)1-2-8(6)9/h1-2,4-5H,3H2,(H2,12,16). The van der Waals surface area contributed by atoms with Crippen molar-refractivity contribution in [2.45, 2.75) is 6.42 Å². The second-order valence-corrected chi connectivity index (χ2v) is 3.60. The van der Waals surface area contributed by atoms with Gasteiger partial charge in [-0.25, -0.2) is 4.79 Å². The molecule has 0 aliphatic carbocycles. The number of amides is 1. The van der Waals surface area contributed by atoms with Crippen LogP contribution in [0.15, 0.2) is 38.6 Å². The molecule has 0 aliphatic heterocycles. The maximum absolute atomic E-state index is 11.3. The average molecular weight is 244 g/mol. The van der Waals surface area contributed by atoms with Crippen LogP contribution < -0.4 is 11.4 Å². The van der Waals surface area contributed by atoms with Gasteiger partial charge in [-0.2, -0.15) is 0 Å². The molecule has 18 heavy (non-hydrogen) atoms. The van der Waals surface area contributed by atoms with Crippen molar-refractivity contribution in [3.8, 4) is 0 Å². The van der Waals surface area contributed by atoms with E-state index < -0.39 is 11.5 Å². The molecule has 0 saturated heterocycles. The summed E-state index contributed by atoms with van der Waals surface area (Å²) in [7, 11) is 0. The highest BCUT2D eigenvalue weighted by Crippen LogP contribution is 2.23. The van der Waals surface area contributed by atoms with E-state index in [1.807, 2.05) is 0 Å². The number of rotatable bonds is 3. The maximum atomic E-state index is 11.3. The summed E-state index contributed by atoms with van der Waals surface area (Å²) < 4.78 is 4.98. The fraction of sp³-hybridized carbons (Fsp3) is 0.0909. The molecule has 0 bridgehead atoms. The SMILES string of the molecule is [N-]=[N+]=Nc1ccc2c(CC(N)=O)cc(=O)oc2c1. The molecule has 0 saturated carbocycles. The van der Waals surface area contributed by atoms with Gasteiger partial charge in [-0.15, -0.1) is 0 Å². The van der Waals surface area contributed by atoms with Crippen molar-refractivity contribution in [1.82, 2.24) is 0 Å². The molecule has 0 radical (unpaired) electrons. The summed E-state index contributed by atoms with van der Waals surface area (Å²) in [6, 6.07) is 5.83. The van der Waals surface area contributed by atoms with E-state index in [4.69, 9.17) is 15.7 Å². The molecule has 1 heterocycles. The van der Waals surface area contributed by atoms with Crippen molar-refractivity contribution in [2.24, 2.45) is 10.8 Å². The second kappa shape index (κ2) is 4.60. The molecule has 0 fully saturated rings. The topological polar surface area (TPSA) is 122 Å². The predicted molar refractivity (Wildman–Crippen MR) is 64.2 cm³/mol. The van der Waals surface area contributed by atoms with E-state index in [1.165, 1.54) is 12.1 Å². The number of hydrogen-bond acceptors (Lipinski definition) is 4. The van der Waals surface area contributed by atoms with E-state index in [-0.39, 0.29) is 12.0 Å². The van der Waals surface area contributed by atoms with Crippen LogP contribution in [0.2, 0.25) is 0 Å². The van der Waals surface area contributed by atoms with Gasteiger partial charge in [0.05, 0.1) is 6.42 Å². The largest absolute Gasteiger partial charge is 0.423 e. The smallest absolute Gasteiger partial charge is 0.336 e. The summed E-state index contributed by atoms with van der Waals surface area (Å²) in [5, 5.41) is 3.99. The van der Waals surface area contributed by atoms with Crippen molar-refractivity contribution >= 4 is 22.6 Å². The van der Waals surface area contributed by atoms with Crippen molar-refractivity contribution in [2.75, 3.05) is 0 Å². The molecule has 1 aromatic heterocycles. The lowest BCUT2D eigenvalue weighted by molar-refractivity contribution is -0.117. The van der Waals surface area contributed by atoms with Gasteiger partial charge in [0.2, 0.25) is 5.91 Å². The quantitative estimate of drug-likeness (QED) is 0.383. The fourth-order valence-electron chi connectivity index (χ4n) is 1.67. The van der Waals surface area contributed by atoms with Crippen molar-refractivity contribution in [1.29, 1.82) is 0 Å². The second-order valence-electron chi connectivity index (χ2n) is 3.60. The first-order valence-corrected chi connectivity index (χ1v) is 5.00. The number of benzene rings is 1. The zero-order chi connectivity index (χ0) is 13.1. The highest BCUT2D eigenvalue weighted by atomic mass is 16.4. The Labute approximate surface area is 100 Å². The number of carbonyl (C=O) groups is 1.